The summed E-state index contributed by atoms with van der Waals surface area (Å²) in [7, 11) is 3.34. The molecule has 2 aliphatic heterocycles. The van der Waals surface area contributed by atoms with Crippen LogP contribution >= 0.6 is 0 Å². The second-order valence-electron chi connectivity index (χ2n) is 7.89. The fourth-order valence-corrected chi connectivity index (χ4v) is 3.80. The van der Waals surface area contributed by atoms with Gasteiger partial charge in [0.2, 0.25) is 5.91 Å². The summed E-state index contributed by atoms with van der Waals surface area (Å²) < 4.78 is 11.6. The molecule has 0 saturated carbocycles. The van der Waals surface area contributed by atoms with Crippen LogP contribution in [0.5, 0.6) is 11.5 Å². The van der Waals surface area contributed by atoms with E-state index >= 15 is 0 Å². The summed E-state index contributed by atoms with van der Waals surface area (Å²) in [5, 5.41) is 2.83. The molecule has 3 rings (SSSR count). The monoisotopic (exact) mass is 389 g/mol. The Morgan fingerprint density at radius 1 is 1.14 bits per heavy atom. The van der Waals surface area contributed by atoms with Crippen LogP contribution in [0.2, 0.25) is 0 Å². The smallest absolute Gasteiger partial charge is 0.252 e. The van der Waals surface area contributed by atoms with E-state index in [1.165, 1.54) is 0 Å². The Balaban J connectivity index is 1.66. The van der Waals surface area contributed by atoms with Gasteiger partial charge < -0.3 is 24.6 Å². The number of piperidine rings is 1. The first-order valence-corrected chi connectivity index (χ1v) is 10.0. The number of ether oxygens (including phenoxy) is 2. The highest BCUT2D eigenvalue weighted by atomic mass is 16.5. The SMILES string of the molecule is COc1ccc(C(=O)N[C@H]2CCN(C)C2=O)cc1OC1CCN(C(C)C)CC1. The lowest BCUT2D eigenvalue weighted by atomic mass is 10.1. The summed E-state index contributed by atoms with van der Waals surface area (Å²) in [6.07, 6.45) is 2.63. The molecular weight excluding hydrogens is 358 g/mol. The zero-order valence-electron chi connectivity index (χ0n) is 17.2. The quantitative estimate of drug-likeness (QED) is 0.805. The zero-order chi connectivity index (χ0) is 20.3. The molecule has 7 heteroatoms. The maximum Gasteiger partial charge on any atom is 0.252 e. The fourth-order valence-electron chi connectivity index (χ4n) is 3.80. The van der Waals surface area contributed by atoms with Crippen LogP contribution in [0.25, 0.3) is 0 Å². The Hall–Kier alpha value is -2.28. The first kappa shape index (κ1) is 20.5. The van der Waals surface area contributed by atoms with Crippen molar-refractivity contribution in [1.29, 1.82) is 0 Å². The van der Waals surface area contributed by atoms with Gasteiger partial charge in [-0.05, 0) is 51.3 Å². The second-order valence-corrected chi connectivity index (χ2v) is 7.89. The lowest BCUT2D eigenvalue weighted by Crippen LogP contribution is -2.42. The van der Waals surface area contributed by atoms with Gasteiger partial charge in [0.15, 0.2) is 11.5 Å². The molecule has 2 saturated heterocycles. The molecule has 1 aromatic rings. The van der Waals surface area contributed by atoms with Gasteiger partial charge in [-0.2, -0.15) is 0 Å². The number of methoxy groups -OCH3 is 1. The zero-order valence-corrected chi connectivity index (χ0v) is 17.2. The van der Waals surface area contributed by atoms with E-state index < -0.39 is 6.04 Å². The van der Waals surface area contributed by atoms with Gasteiger partial charge in [0.05, 0.1) is 7.11 Å². The lowest BCUT2D eigenvalue weighted by Gasteiger charge is -2.34. The molecule has 154 valence electrons. The molecule has 2 fully saturated rings. The number of nitrogens with zero attached hydrogens (tertiary/aromatic N) is 2. The average Bonchev–Trinajstić information content (AvgIpc) is 3.00. The van der Waals surface area contributed by atoms with E-state index in [0.717, 1.165) is 25.9 Å². The minimum Gasteiger partial charge on any atom is -0.493 e. The molecular formula is C21H31N3O4. The third-order valence-electron chi connectivity index (χ3n) is 5.66. The van der Waals surface area contributed by atoms with Crippen LogP contribution < -0.4 is 14.8 Å². The van der Waals surface area contributed by atoms with E-state index in [9.17, 15) is 9.59 Å². The van der Waals surface area contributed by atoms with Gasteiger partial charge in [-0.15, -0.1) is 0 Å². The van der Waals surface area contributed by atoms with Crippen molar-refractivity contribution < 1.29 is 19.1 Å². The molecule has 0 spiro atoms. The number of hydrogen-bond acceptors (Lipinski definition) is 5. The highest BCUT2D eigenvalue weighted by molar-refractivity contribution is 5.98. The molecule has 0 aromatic heterocycles. The molecule has 0 unspecified atom stereocenters. The minimum absolute atomic E-state index is 0.0461. The van der Waals surface area contributed by atoms with Gasteiger partial charge in [-0.25, -0.2) is 0 Å². The largest absolute Gasteiger partial charge is 0.493 e. The Morgan fingerprint density at radius 2 is 1.86 bits per heavy atom. The number of likely N-dealkylation sites (N-methyl/N-ethyl adjacent to an activating group) is 1. The molecule has 2 aliphatic rings. The van der Waals surface area contributed by atoms with Crippen LogP contribution in [0.1, 0.15) is 43.5 Å². The number of amides is 2. The molecule has 1 N–H and O–H groups in total. The highest BCUT2D eigenvalue weighted by Gasteiger charge is 2.30. The van der Waals surface area contributed by atoms with Crippen molar-refractivity contribution in [1.82, 2.24) is 15.1 Å². The molecule has 0 bridgehead atoms. The molecule has 28 heavy (non-hydrogen) atoms. The van der Waals surface area contributed by atoms with Gasteiger partial charge in [-0.3, -0.25) is 9.59 Å². The van der Waals surface area contributed by atoms with Crippen LogP contribution in [0, 0.1) is 0 Å². The number of hydrogen-bond donors (Lipinski definition) is 1. The van der Waals surface area contributed by atoms with Crippen LogP contribution in [-0.4, -0.2) is 73.6 Å². The Labute approximate surface area is 167 Å². The Bertz CT molecular complexity index is 714. The van der Waals surface area contributed by atoms with E-state index in [-0.39, 0.29) is 17.9 Å². The van der Waals surface area contributed by atoms with Crippen LogP contribution in [0.3, 0.4) is 0 Å². The van der Waals surface area contributed by atoms with Gasteiger partial charge in [-0.1, -0.05) is 0 Å². The fraction of sp³-hybridized carbons (Fsp3) is 0.619. The van der Waals surface area contributed by atoms with Gasteiger partial charge in [0.1, 0.15) is 12.1 Å². The van der Waals surface area contributed by atoms with Crippen molar-refractivity contribution >= 4 is 11.8 Å². The van der Waals surface area contributed by atoms with Crippen molar-refractivity contribution in [2.75, 3.05) is 33.8 Å². The van der Waals surface area contributed by atoms with Crippen LogP contribution in [0.15, 0.2) is 18.2 Å². The first-order valence-electron chi connectivity index (χ1n) is 10.0. The molecule has 1 atom stereocenters. The van der Waals surface area contributed by atoms with E-state index in [2.05, 4.69) is 24.1 Å². The van der Waals surface area contributed by atoms with E-state index in [1.54, 1.807) is 37.3 Å². The standard InChI is InChI=1S/C21H31N3O4/c1-14(2)24-11-7-16(8-12-24)28-19-13-15(5-6-18(19)27-4)20(25)22-17-9-10-23(3)21(17)26/h5-6,13-14,16-17H,7-12H2,1-4H3,(H,22,25)/t17-/m0/s1. The highest BCUT2D eigenvalue weighted by Crippen LogP contribution is 2.31. The molecule has 0 aliphatic carbocycles. The topological polar surface area (TPSA) is 71.1 Å². The summed E-state index contributed by atoms with van der Waals surface area (Å²) >= 11 is 0. The van der Waals surface area contributed by atoms with Crippen molar-refractivity contribution in [3.05, 3.63) is 23.8 Å². The lowest BCUT2D eigenvalue weighted by molar-refractivity contribution is -0.128. The minimum atomic E-state index is -0.454. The number of benzene rings is 1. The van der Waals surface area contributed by atoms with Crippen molar-refractivity contribution in [2.24, 2.45) is 0 Å². The summed E-state index contributed by atoms with van der Waals surface area (Å²) in [6, 6.07) is 5.25. The van der Waals surface area contributed by atoms with Crippen molar-refractivity contribution in [2.45, 2.75) is 51.3 Å². The van der Waals surface area contributed by atoms with Gasteiger partial charge >= 0.3 is 0 Å². The molecule has 0 radical (unpaired) electrons. The summed E-state index contributed by atoms with van der Waals surface area (Å²) in [6.45, 7) is 7.08. The third-order valence-corrected chi connectivity index (χ3v) is 5.66. The maximum absolute atomic E-state index is 12.6. The van der Waals surface area contributed by atoms with E-state index in [4.69, 9.17) is 9.47 Å². The third kappa shape index (κ3) is 4.58. The Kier molecular flexibility index (Phi) is 6.44. The first-order chi connectivity index (χ1) is 13.4. The second kappa shape index (κ2) is 8.82. The van der Waals surface area contributed by atoms with Crippen LogP contribution in [0.4, 0.5) is 0 Å². The van der Waals surface area contributed by atoms with Gasteiger partial charge in [0, 0.05) is 38.3 Å². The summed E-state index contributed by atoms with van der Waals surface area (Å²) in [4.78, 5) is 28.7. The maximum atomic E-state index is 12.6. The number of likely N-dealkylation sites (tertiary alicyclic amines) is 2. The molecule has 7 nitrogen and oxygen atoms in total. The molecule has 1 aromatic carbocycles. The van der Waals surface area contributed by atoms with Crippen LogP contribution in [-0.2, 0) is 4.79 Å². The summed E-state index contributed by atoms with van der Waals surface area (Å²) in [5.41, 5.74) is 0.470. The summed E-state index contributed by atoms with van der Waals surface area (Å²) in [5.74, 6) is 0.874. The number of carbonyl (C=O) groups is 2. The van der Waals surface area contributed by atoms with Crippen molar-refractivity contribution in [3.8, 4) is 11.5 Å². The number of nitrogens with one attached hydrogen (secondary N) is 1. The predicted octanol–water partition coefficient (Wildman–Crippen LogP) is 1.91. The predicted molar refractivity (Wildman–Crippen MR) is 107 cm³/mol. The van der Waals surface area contributed by atoms with Crippen molar-refractivity contribution in [3.63, 3.8) is 0 Å². The van der Waals surface area contributed by atoms with E-state index in [1.807, 2.05) is 0 Å². The molecule has 2 heterocycles. The number of carbonyl (C=O) groups excluding carboxylic acids is 2. The average molecular weight is 389 g/mol. The molecule has 2 amide bonds. The van der Waals surface area contributed by atoms with E-state index in [0.29, 0.717) is 36.1 Å². The van der Waals surface area contributed by atoms with Gasteiger partial charge in [0.25, 0.3) is 5.91 Å². The number of rotatable bonds is 6. The normalized spacial score (nSPS) is 21.2. The Morgan fingerprint density at radius 3 is 2.43 bits per heavy atom.